The van der Waals surface area contributed by atoms with E-state index in [-0.39, 0.29) is 37.0 Å². The molecule has 0 radical (unpaired) electrons. The first kappa shape index (κ1) is 24.0. The molecule has 10 heteroatoms. The number of fused-ring (bicyclic) bond motifs is 3. The third kappa shape index (κ3) is 5.33. The second-order valence-corrected chi connectivity index (χ2v) is 8.16. The molecular weight excluding hydrogens is 452 g/mol. The van der Waals surface area contributed by atoms with Gasteiger partial charge in [0.15, 0.2) is 5.82 Å². The number of carboxylic acid groups (broad SMARTS) is 1. The van der Waals surface area contributed by atoms with Crippen LogP contribution in [0.3, 0.4) is 0 Å². The zero-order valence-electron chi connectivity index (χ0n) is 19.4. The van der Waals surface area contributed by atoms with Crippen molar-refractivity contribution in [2.45, 2.75) is 18.4 Å². The molecule has 1 aliphatic rings. The fraction of sp³-hybridized carbons (Fsp3) is 0.280. The first-order chi connectivity index (χ1) is 16.9. The van der Waals surface area contributed by atoms with Crippen LogP contribution in [-0.4, -0.2) is 59.2 Å². The van der Waals surface area contributed by atoms with E-state index in [2.05, 4.69) is 27.9 Å². The van der Waals surface area contributed by atoms with Crippen molar-refractivity contribution in [1.82, 2.24) is 15.1 Å². The smallest absolute Gasteiger partial charge is 0.407 e. The van der Waals surface area contributed by atoms with Crippen LogP contribution in [0.5, 0.6) is 0 Å². The molecular formula is C25H26N4O6. The molecule has 0 aliphatic heterocycles. The number of ether oxygens (including phenoxy) is 2. The minimum absolute atomic E-state index is 0.0498. The highest BCUT2D eigenvalue weighted by Gasteiger charge is 2.29. The van der Waals surface area contributed by atoms with Crippen LogP contribution in [0.2, 0.25) is 0 Å². The molecule has 1 unspecified atom stereocenters. The number of aromatic nitrogens is 2. The molecule has 0 saturated carbocycles. The van der Waals surface area contributed by atoms with Gasteiger partial charge in [-0.25, -0.2) is 9.59 Å². The summed E-state index contributed by atoms with van der Waals surface area (Å²) in [5.74, 6) is -1.51. The Morgan fingerprint density at radius 2 is 1.71 bits per heavy atom. The molecule has 1 heterocycles. The fourth-order valence-electron chi connectivity index (χ4n) is 4.21. The maximum atomic E-state index is 12.4. The van der Waals surface area contributed by atoms with E-state index in [1.165, 1.54) is 20.2 Å². The summed E-state index contributed by atoms with van der Waals surface area (Å²) < 4.78 is 12.0. The molecule has 3 N–H and O–H groups in total. The number of nitrogens with one attached hydrogen (secondary N) is 2. The van der Waals surface area contributed by atoms with Crippen LogP contribution < -0.4 is 10.6 Å². The Labute approximate surface area is 201 Å². The molecule has 0 saturated heterocycles. The standard InChI is InChI=1S/C25H26N4O6/c1-29-21(24(31)32)12-22(28-29)27-23(30)11-15(34-2)13-26-25(33)35-14-20-18-9-5-3-7-16(18)17-8-4-6-10-19(17)20/h3-10,12,15,20H,11,13-14H2,1-2H3,(H,26,33)(H,31,32)(H,27,28,30). The van der Waals surface area contributed by atoms with Crippen molar-refractivity contribution >= 4 is 23.8 Å². The van der Waals surface area contributed by atoms with Crippen LogP contribution in [0, 0.1) is 0 Å². The zero-order valence-corrected chi connectivity index (χ0v) is 19.4. The fourth-order valence-corrected chi connectivity index (χ4v) is 4.21. The molecule has 35 heavy (non-hydrogen) atoms. The summed E-state index contributed by atoms with van der Waals surface area (Å²) in [7, 11) is 2.90. The molecule has 182 valence electrons. The molecule has 0 bridgehead atoms. The van der Waals surface area contributed by atoms with Gasteiger partial charge in [0.05, 0.1) is 12.5 Å². The Morgan fingerprint density at radius 3 is 2.29 bits per heavy atom. The Morgan fingerprint density at radius 1 is 1.09 bits per heavy atom. The maximum absolute atomic E-state index is 12.4. The van der Waals surface area contributed by atoms with Crippen molar-refractivity contribution < 1.29 is 29.0 Å². The number of alkyl carbamates (subject to hydrolysis) is 1. The lowest BCUT2D eigenvalue weighted by atomic mass is 9.98. The number of benzene rings is 2. The number of hydrogen-bond acceptors (Lipinski definition) is 6. The molecule has 4 rings (SSSR count). The van der Waals surface area contributed by atoms with Gasteiger partial charge in [-0.15, -0.1) is 0 Å². The first-order valence-corrected chi connectivity index (χ1v) is 11.1. The molecule has 0 spiro atoms. The van der Waals surface area contributed by atoms with Gasteiger partial charge >= 0.3 is 12.1 Å². The molecule has 10 nitrogen and oxygen atoms in total. The van der Waals surface area contributed by atoms with Crippen LogP contribution in [0.25, 0.3) is 11.1 Å². The number of anilines is 1. The Bertz CT molecular complexity index is 1210. The Balaban J connectivity index is 1.27. The van der Waals surface area contributed by atoms with Crippen molar-refractivity contribution in [2.24, 2.45) is 7.05 Å². The Kier molecular flexibility index (Phi) is 7.11. The van der Waals surface area contributed by atoms with Crippen LogP contribution in [-0.2, 0) is 21.3 Å². The van der Waals surface area contributed by atoms with Gasteiger partial charge in [0.2, 0.25) is 5.91 Å². The van der Waals surface area contributed by atoms with Gasteiger partial charge in [0.25, 0.3) is 0 Å². The number of hydrogen-bond donors (Lipinski definition) is 3. The topological polar surface area (TPSA) is 132 Å². The van der Waals surface area contributed by atoms with Crippen molar-refractivity contribution in [3.05, 3.63) is 71.4 Å². The highest BCUT2D eigenvalue weighted by atomic mass is 16.5. The molecule has 1 aromatic heterocycles. The summed E-state index contributed by atoms with van der Waals surface area (Å²) in [5, 5.41) is 18.2. The highest BCUT2D eigenvalue weighted by molar-refractivity contribution is 5.92. The van der Waals surface area contributed by atoms with Crippen molar-refractivity contribution in [2.75, 3.05) is 25.6 Å². The maximum Gasteiger partial charge on any atom is 0.407 e. The molecule has 0 fully saturated rings. The summed E-state index contributed by atoms with van der Waals surface area (Å²) in [6.07, 6.45) is -1.29. The van der Waals surface area contributed by atoms with E-state index in [1.54, 1.807) is 0 Å². The minimum Gasteiger partial charge on any atom is -0.477 e. The van der Waals surface area contributed by atoms with Crippen LogP contribution in [0.4, 0.5) is 10.6 Å². The van der Waals surface area contributed by atoms with Crippen LogP contribution in [0.15, 0.2) is 54.6 Å². The minimum atomic E-state index is -1.15. The molecule has 2 amide bonds. The predicted molar refractivity (Wildman–Crippen MR) is 127 cm³/mol. The Hall–Kier alpha value is -4.18. The van der Waals surface area contributed by atoms with Gasteiger partial charge in [-0.3, -0.25) is 9.48 Å². The van der Waals surface area contributed by atoms with Gasteiger partial charge in [-0.2, -0.15) is 5.10 Å². The summed E-state index contributed by atoms with van der Waals surface area (Å²) >= 11 is 0. The molecule has 2 aromatic carbocycles. The number of methoxy groups -OCH3 is 1. The van der Waals surface area contributed by atoms with Crippen LogP contribution >= 0.6 is 0 Å². The summed E-state index contributed by atoms with van der Waals surface area (Å²) in [6.45, 7) is 0.243. The third-order valence-corrected chi connectivity index (χ3v) is 5.93. The van der Waals surface area contributed by atoms with Gasteiger partial charge in [-0.05, 0) is 22.3 Å². The summed E-state index contributed by atoms with van der Waals surface area (Å²) in [6, 6.07) is 17.4. The number of nitrogens with zero attached hydrogens (tertiary/aromatic N) is 2. The lowest BCUT2D eigenvalue weighted by Crippen LogP contribution is -2.36. The second-order valence-electron chi connectivity index (χ2n) is 8.16. The molecule has 3 aromatic rings. The average molecular weight is 479 g/mol. The number of carboxylic acids is 1. The van der Waals surface area contributed by atoms with Crippen molar-refractivity contribution in [3.63, 3.8) is 0 Å². The van der Waals surface area contributed by atoms with Gasteiger partial charge in [0.1, 0.15) is 12.3 Å². The third-order valence-electron chi connectivity index (χ3n) is 5.93. The monoisotopic (exact) mass is 478 g/mol. The lowest BCUT2D eigenvalue weighted by Gasteiger charge is -2.17. The first-order valence-electron chi connectivity index (χ1n) is 11.1. The second kappa shape index (κ2) is 10.4. The normalized spacial score (nSPS) is 13.0. The van der Waals surface area contributed by atoms with Gasteiger partial charge in [0, 0.05) is 32.7 Å². The van der Waals surface area contributed by atoms with Gasteiger partial charge in [-0.1, -0.05) is 48.5 Å². The van der Waals surface area contributed by atoms with Gasteiger partial charge < -0.3 is 25.2 Å². The zero-order chi connectivity index (χ0) is 24.9. The number of rotatable bonds is 9. The number of amides is 2. The molecule has 1 aliphatic carbocycles. The van der Waals surface area contributed by atoms with Crippen LogP contribution in [0.1, 0.15) is 34.0 Å². The summed E-state index contributed by atoms with van der Waals surface area (Å²) in [4.78, 5) is 35.8. The number of carbonyl (C=O) groups excluding carboxylic acids is 2. The quantitative estimate of drug-likeness (QED) is 0.431. The van der Waals surface area contributed by atoms with E-state index in [1.807, 2.05) is 36.4 Å². The van der Waals surface area contributed by atoms with E-state index in [9.17, 15) is 14.4 Å². The average Bonchev–Trinajstić information content (AvgIpc) is 3.37. The number of carbonyl (C=O) groups is 3. The van der Waals surface area contributed by atoms with Crippen molar-refractivity contribution in [1.29, 1.82) is 0 Å². The predicted octanol–water partition coefficient (Wildman–Crippen LogP) is 3.00. The molecule has 1 atom stereocenters. The van der Waals surface area contributed by atoms with Crippen molar-refractivity contribution in [3.8, 4) is 11.1 Å². The van der Waals surface area contributed by atoms with E-state index >= 15 is 0 Å². The van der Waals surface area contributed by atoms with E-state index < -0.39 is 24.1 Å². The van der Waals surface area contributed by atoms with E-state index in [4.69, 9.17) is 14.6 Å². The summed E-state index contributed by atoms with van der Waals surface area (Å²) in [5.41, 5.74) is 4.47. The van der Waals surface area contributed by atoms with E-state index in [0.29, 0.717) is 0 Å². The van der Waals surface area contributed by atoms with E-state index in [0.717, 1.165) is 26.9 Å². The SMILES string of the molecule is COC(CNC(=O)OCC1c2ccccc2-c2ccccc21)CC(=O)Nc1cc(C(=O)O)n(C)n1. The number of aromatic carboxylic acids is 1. The lowest BCUT2D eigenvalue weighted by molar-refractivity contribution is -0.118. The largest absolute Gasteiger partial charge is 0.477 e. The highest BCUT2D eigenvalue weighted by Crippen LogP contribution is 2.44. The number of aryl methyl sites for hydroxylation is 1.